The Kier molecular flexibility index (Phi) is 27.4. The average molecular weight is 1460 g/mol. The number of nitrogens with zero attached hydrogens (tertiary/aromatic N) is 5. The highest BCUT2D eigenvalue weighted by molar-refractivity contribution is 6.39. The molecule has 12 amide bonds. The number of amides is 12. The van der Waals surface area contributed by atoms with Crippen molar-refractivity contribution in [3.05, 3.63) is 25.3 Å². The van der Waals surface area contributed by atoms with E-state index in [0.29, 0.717) is 44.7 Å². The Balaban J connectivity index is 0.000000311. The molecule has 8 N–H and O–H groups in total. The van der Waals surface area contributed by atoms with E-state index >= 15 is 0 Å². The number of Topliss-reactive ketones (excluding diaryl/α,β-unsaturated/α-hetero) is 2. The summed E-state index contributed by atoms with van der Waals surface area (Å²) in [5.41, 5.74) is 3.20. The van der Waals surface area contributed by atoms with Crippen molar-refractivity contribution in [1.82, 2.24) is 51.5 Å². The minimum Gasteiger partial charge on any atom is -0.346 e. The highest BCUT2D eigenvalue weighted by atomic mass is 35.5. The van der Waals surface area contributed by atoms with Crippen LogP contribution in [0.2, 0.25) is 0 Å². The van der Waals surface area contributed by atoms with Gasteiger partial charge in [-0.3, -0.25) is 67.3 Å². The summed E-state index contributed by atoms with van der Waals surface area (Å²) in [5, 5.41) is 16.5. The van der Waals surface area contributed by atoms with E-state index in [1.54, 1.807) is 4.90 Å². The number of likely N-dealkylation sites (tertiary alicyclic amines) is 4. The van der Waals surface area contributed by atoms with Gasteiger partial charge in [0.05, 0.1) is 36.8 Å². The van der Waals surface area contributed by atoms with Crippen molar-refractivity contribution in [2.75, 3.05) is 39.3 Å². The van der Waals surface area contributed by atoms with Crippen LogP contribution in [0.15, 0.2) is 30.3 Å². The first-order chi connectivity index (χ1) is 46.8. The molecule has 27 heteroatoms. The van der Waals surface area contributed by atoms with Gasteiger partial charge >= 0.3 is 6.03 Å². The number of ketones is 2. The van der Waals surface area contributed by atoms with Crippen LogP contribution in [0.4, 0.5) is 4.79 Å². The molecule has 8 rings (SSSR count). The molecular weight excluding hydrogens is 1340 g/mol. The second-order valence-electron chi connectivity index (χ2n) is 37.1. The number of carbonyl (C=O) groups is 13. The summed E-state index contributed by atoms with van der Waals surface area (Å²) < 4.78 is 0. The van der Waals surface area contributed by atoms with Crippen LogP contribution in [0, 0.1) is 78.8 Å². The van der Waals surface area contributed by atoms with E-state index in [-0.39, 0.29) is 138 Å². The molecule has 0 aromatic carbocycles. The number of rotatable bonds is 25. The van der Waals surface area contributed by atoms with E-state index in [1.807, 2.05) is 111 Å². The van der Waals surface area contributed by atoms with Gasteiger partial charge in [-0.25, -0.2) is 14.6 Å². The summed E-state index contributed by atoms with van der Waals surface area (Å²) in [5.74, 6) is -4.65. The minimum absolute atomic E-state index is 0. The smallest absolute Gasteiger partial charge is 0.315 e. The molecule has 4 aliphatic carbocycles. The summed E-state index contributed by atoms with van der Waals surface area (Å²) in [4.78, 5) is 190. The Morgan fingerprint density at radius 2 is 0.913 bits per heavy atom. The number of hydrogen-bond acceptors (Lipinski definition) is 16. The SMILES string of the molecule is C=CCNC(=O)C(=O)C(CC1CC1)NC(=O)C1[C@@H]2[C@H](CN1C(=O)[C@@H](N)C(C)(C)C)C2(C)C.C=CCNC(=O)C(=O)C(CC1CC1)NC(=O)C1[C@@H]2[C@H](CN1C(=O)[C@@H](NC(=O)N[C@H](CN1C(=O)CC(C)(C)CC1=O)C(C)(C)C)C(C)(C)C)C2(C)C.CC1(C)CC(=O)N(C[C@@H](N=C=O)C(C)(C)C)C(=O)C1.Cl. The Bertz CT molecular complexity index is 3300. The number of nitrogens with one attached hydrogen (secondary N) is 6. The number of carbonyl (C=O) groups excluding carboxylic acids is 14. The standard InChI is InChI=1S/C38H60N6O7.C24H38N4O4.C14H22N2O3.ClH/c1-12-15-39-32(49)29(47)23(16-21-13-14-21)40-31(48)28-27-22(38(27,10)11)19-44(28)33(50)30(36(5,6)7)42-34(51)41-24(35(2,3)4)20-43-25(45)17-37(8,9)18-26(43)46;1-7-10-26-21(31)18(29)15(11-13-8-9-13)27-20(30)17-16-14(24(16,5)6)12-28(17)22(32)19(25)23(2,3)4;1-13(2,3)10(15-9-17)8-16-11(18)6-14(4,5)7-12(16)19;/h12,21-24,27-28,30H,1,13-20H2,2-11H3,(H,39,49)(H,40,48)(H2,41,42,51);7,13-17,19H,1,8-12,25H2,2-6H3,(H,26,31)(H,27,30);10H,6-8H2,1-5H3;1H/t22-,23?,24+,27-,28?,30+;14-,15?,16-,17?,19+;10-;/m001./s1. The van der Waals surface area contributed by atoms with E-state index in [1.165, 1.54) is 32.9 Å². The molecule has 0 radical (unpaired) electrons. The number of halogens is 1. The van der Waals surface area contributed by atoms with Gasteiger partial charge in [-0.15, -0.1) is 25.6 Å². The zero-order valence-electron chi connectivity index (χ0n) is 64.9. The Morgan fingerprint density at radius 1 is 0.544 bits per heavy atom. The lowest BCUT2D eigenvalue weighted by Gasteiger charge is -2.40. The number of urea groups is 1. The van der Waals surface area contributed by atoms with Crippen LogP contribution in [-0.4, -0.2) is 190 Å². The number of isocyanates is 1. The van der Waals surface area contributed by atoms with E-state index in [4.69, 9.17) is 5.73 Å². The molecule has 12 atom stereocenters. The van der Waals surface area contributed by atoms with Gasteiger partial charge in [-0.05, 0) is 91.7 Å². The molecule has 0 spiro atoms. The third-order valence-electron chi connectivity index (χ3n) is 22.2. The Morgan fingerprint density at radius 3 is 1.23 bits per heavy atom. The molecule has 4 aliphatic heterocycles. The van der Waals surface area contributed by atoms with Crippen molar-refractivity contribution < 1.29 is 67.1 Å². The lowest BCUT2D eigenvalue weighted by molar-refractivity contribution is -0.154. The normalized spacial score (nSPS) is 25.1. The van der Waals surface area contributed by atoms with Crippen LogP contribution >= 0.6 is 12.4 Å². The van der Waals surface area contributed by atoms with Crippen LogP contribution in [0.25, 0.3) is 0 Å². The molecule has 4 heterocycles. The molecule has 0 bridgehead atoms. The summed E-state index contributed by atoms with van der Waals surface area (Å²) in [7, 11) is 0. The first-order valence-corrected chi connectivity index (χ1v) is 36.4. The second-order valence-corrected chi connectivity index (χ2v) is 37.1. The second kappa shape index (κ2) is 32.7. The number of nitrogens with two attached hydrogens (primary N) is 1. The van der Waals surface area contributed by atoms with Gasteiger partial charge in [0.1, 0.15) is 18.1 Å². The number of fused-ring (bicyclic) bond motifs is 2. The summed E-state index contributed by atoms with van der Waals surface area (Å²) in [6.45, 7) is 46.9. The number of piperidine rings is 4. The average Bonchev–Trinajstić information content (AvgIpc) is 1.53. The fourth-order valence-electron chi connectivity index (χ4n) is 14.8. The molecule has 576 valence electrons. The van der Waals surface area contributed by atoms with Gasteiger partial charge in [0.15, 0.2) is 0 Å². The van der Waals surface area contributed by atoms with Crippen LogP contribution < -0.4 is 37.6 Å². The van der Waals surface area contributed by atoms with Crippen molar-refractivity contribution in [2.24, 2.45) is 89.6 Å². The lowest BCUT2D eigenvalue weighted by Crippen LogP contribution is -2.63. The van der Waals surface area contributed by atoms with Crippen molar-refractivity contribution >= 4 is 95.2 Å². The zero-order valence-corrected chi connectivity index (χ0v) is 65.7. The summed E-state index contributed by atoms with van der Waals surface area (Å²) in [6, 6.07) is -6.92. The molecule has 0 aromatic rings. The number of imide groups is 2. The molecule has 8 fully saturated rings. The largest absolute Gasteiger partial charge is 0.346 e. The molecule has 0 aromatic heterocycles. The molecule has 26 nitrogen and oxygen atoms in total. The highest BCUT2D eigenvalue weighted by Crippen LogP contribution is 2.66. The number of hydrogen-bond donors (Lipinski definition) is 7. The topological polar surface area (TPSA) is 362 Å². The van der Waals surface area contributed by atoms with E-state index in [9.17, 15) is 67.1 Å². The van der Waals surface area contributed by atoms with Crippen molar-refractivity contribution in [1.29, 1.82) is 0 Å². The minimum atomic E-state index is -1.04. The molecule has 4 saturated heterocycles. The summed E-state index contributed by atoms with van der Waals surface area (Å²) >= 11 is 0. The molecular formula is C76H121ClN12O14. The molecule has 4 unspecified atom stereocenters. The van der Waals surface area contributed by atoms with Gasteiger partial charge in [0, 0.05) is 58.4 Å². The maximum Gasteiger partial charge on any atom is 0.315 e. The highest BCUT2D eigenvalue weighted by Gasteiger charge is 2.71. The fraction of sp³-hybridized carbons (Fsp3) is 0.763. The number of aliphatic imine (C=N–C) groups is 1. The summed E-state index contributed by atoms with van der Waals surface area (Å²) in [6.07, 6.45) is 10.2. The molecule has 103 heavy (non-hydrogen) atoms. The van der Waals surface area contributed by atoms with E-state index in [2.05, 4.69) is 77.7 Å². The van der Waals surface area contributed by atoms with Crippen molar-refractivity contribution in [3.63, 3.8) is 0 Å². The lowest BCUT2D eigenvalue weighted by atomic mass is 9.80. The van der Waals surface area contributed by atoms with Crippen LogP contribution in [0.3, 0.4) is 0 Å². The predicted molar refractivity (Wildman–Crippen MR) is 391 cm³/mol. The van der Waals surface area contributed by atoms with Crippen molar-refractivity contribution in [3.8, 4) is 0 Å². The van der Waals surface area contributed by atoms with E-state index < -0.39 is 111 Å². The van der Waals surface area contributed by atoms with Crippen LogP contribution in [0.5, 0.6) is 0 Å². The Hall–Kier alpha value is -7.18. The van der Waals surface area contributed by atoms with Gasteiger partial charge in [-0.1, -0.05) is 176 Å². The van der Waals surface area contributed by atoms with Crippen LogP contribution in [-0.2, 0) is 62.3 Å². The third-order valence-corrected chi connectivity index (χ3v) is 22.2. The van der Waals surface area contributed by atoms with Gasteiger partial charge in [0.2, 0.25) is 64.9 Å². The van der Waals surface area contributed by atoms with Gasteiger partial charge in [-0.2, -0.15) is 0 Å². The molecule has 4 saturated carbocycles. The first kappa shape index (κ1) is 86.5. The quantitative estimate of drug-likeness (QED) is 0.0174. The first-order valence-electron chi connectivity index (χ1n) is 36.4. The van der Waals surface area contributed by atoms with E-state index in [0.717, 1.165) is 25.7 Å². The van der Waals surface area contributed by atoms with Gasteiger partial charge < -0.3 is 47.4 Å². The van der Waals surface area contributed by atoms with Gasteiger partial charge in [0.25, 0.3) is 11.8 Å². The monoisotopic (exact) mass is 1460 g/mol. The zero-order chi connectivity index (χ0) is 77.3. The fourth-order valence-corrected chi connectivity index (χ4v) is 14.8. The molecule has 8 aliphatic rings. The third kappa shape index (κ3) is 21.7. The predicted octanol–water partition coefficient (Wildman–Crippen LogP) is 6.26. The van der Waals surface area contributed by atoms with Crippen LogP contribution in [0.1, 0.15) is 203 Å². The van der Waals surface area contributed by atoms with Crippen molar-refractivity contribution in [2.45, 2.75) is 251 Å². The maximum atomic E-state index is 14.5. The maximum absolute atomic E-state index is 14.5. The Labute approximate surface area is 616 Å².